The summed E-state index contributed by atoms with van der Waals surface area (Å²) in [6, 6.07) is 21.9. The van der Waals surface area contributed by atoms with Gasteiger partial charge in [0.2, 0.25) is 5.91 Å². The SMILES string of the molecule is NC(=NCCCC(=O)N(Cc1ccccc1)C1C[C@@H]2CC[C@@H](C1)N2Cc1ccccc1)NC(=O)c1nc(Cl)c(N)nc1N. The molecular formula is C31H38ClN9O2. The number of hydrogen-bond acceptors (Lipinski definition) is 8. The number of nitrogen functional groups attached to an aromatic ring is 2. The van der Waals surface area contributed by atoms with Crippen LogP contribution in [0.25, 0.3) is 0 Å². The average Bonchev–Trinajstić information content (AvgIpc) is 3.22. The molecule has 43 heavy (non-hydrogen) atoms. The van der Waals surface area contributed by atoms with Crippen molar-refractivity contribution in [2.24, 2.45) is 10.7 Å². The second kappa shape index (κ2) is 13.8. The van der Waals surface area contributed by atoms with Crippen molar-refractivity contribution in [3.8, 4) is 0 Å². The molecule has 2 aliphatic heterocycles. The average molecular weight is 604 g/mol. The molecule has 0 aliphatic carbocycles. The summed E-state index contributed by atoms with van der Waals surface area (Å²) in [5, 5.41) is 2.29. The zero-order valence-electron chi connectivity index (χ0n) is 24.0. The second-order valence-electron chi connectivity index (χ2n) is 11.1. The molecular weight excluding hydrogens is 566 g/mol. The van der Waals surface area contributed by atoms with Gasteiger partial charge < -0.3 is 22.1 Å². The summed E-state index contributed by atoms with van der Waals surface area (Å²) in [7, 11) is 0. The van der Waals surface area contributed by atoms with Crippen LogP contribution in [-0.4, -0.2) is 62.2 Å². The van der Waals surface area contributed by atoms with E-state index in [-0.39, 0.29) is 46.9 Å². The molecule has 3 heterocycles. The van der Waals surface area contributed by atoms with Crippen molar-refractivity contribution in [2.45, 2.75) is 69.7 Å². The van der Waals surface area contributed by atoms with E-state index >= 15 is 0 Å². The van der Waals surface area contributed by atoms with Gasteiger partial charge in [0.15, 0.2) is 28.4 Å². The number of amides is 2. The Labute approximate surface area is 256 Å². The van der Waals surface area contributed by atoms with Gasteiger partial charge in [-0.2, -0.15) is 0 Å². The molecule has 226 valence electrons. The maximum atomic E-state index is 13.7. The molecule has 2 atom stereocenters. The van der Waals surface area contributed by atoms with Crippen molar-refractivity contribution in [3.63, 3.8) is 0 Å². The Bertz CT molecular complexity index is 1440. The number of nitrogens with two attached hydrogens (primary N) is 3. The van der Waals surface area contributed by atoms with E-state index in [2.05, 4.69) is 72.5 Å². The van der Waals surface area contributed by atoms with E-state index in [1.807, 2.05) is 18.2 Å². The predicted octanol–water partition coefficient (Wildman–Crippen LogP) is 3.34. The Kier molecular flexibility index (Phi) is 9.73. The molecule has 2 amide bonds. The zero-order valence-corrected chi connectivity index (χ0v) is 24.8. The van der Waals surface area contributed by atoms with E-state index in [9.17, 15) is 9.59 Å². The molecule has 0 saturated carbocycles. The maximum Gasteiger partial charge on any atom is 0.280 e. The molecule has 11 nitrogen and oxygen atoms in total. The molecule has 2 aromatic carbocycles. The van der Waals surface area contributed by atoms with Crippen LogP contribution < -0.4 is 22.5 Å². The predicted molar refractivity (Wildman–Crippen MR) is 168 cm³/mol. The number of halogens is 1. The molecule has 5 rings (SSSR count). The summed E-state index contributed by atoms with van der Waals surface area (Å²) in [5.41, 5.74) is 19.4. The van der Waals surface area contributed by atoms with Crippen molar-refractivity contribution in [1.82, 2.24) is 25.1 Å². The minimum Gasteiger partial charge on any atom is -0.382 e. The number of aromatic nitrogens is 2. The number of aliphatic imine (C=N–C) groups is 1. The topological polar surface area (TPSA) is 169 Å². The maximum absolute atomic E-state index is 13.7. The number of nitrogens with one attached hydrogen (secondary N) is 1. The van der Waals surface area contributed by atoms with Gasteiger partial charge in [0.25, 0.3) is 5.91 Å². The molecule has 2 bridgehead atoms. The number of nitrogens with zero attached hydrogens (tertiary/aromatic N) is 5. The number of rotatable bonds is 10. The van der Waals surface area contributed by atoms with Gasteiger partial charge in [-0.3, -0.25) is 24.8 Å². The first-order valence-electron chi connectivity index (χ1n) is 14.6. The highest BCUT2D eigenvalue weighted by molar-refractivity contribution is 6.31. The standard InChI is InChI=1S/C31H38ClN9O2/c32-27-29(34)38-28(33)26(37-27)30(43)39-31(35)36-15-7-12-25(42)41(19-21-10-5-2-6-11-21)24-16-22-13-14-23(17-24)40(22)18-20-8-3-1-4-9-20/h1-6,8-11,22-24H,7,12-19H2,(H4,33,34,38)(H3,35,36,39,43)/t22-,23-/m0/s1. The lowest BCUT2D eigenvalue weighted by atomic mass is 9.94. The molecule has 0 radical (unpaired) electrons. The number of carbonyl (C=O) groups excluding carboxylic acids is 2. The van der Waals surface area contributed by atoms with Crippen LogP contribution >= 0.6 is 11.6 Å². The summed E-state index contributed by atoms with van der Waals surface area (Å²) in [6.07, 6.45) is 5.08. The fourth-order valence-electron chi connectivity index (χ4n) is 6.15. The quantitative estimate of drug-likeness (QED) is 0.155. The van der Waals surface area contributed by atoms with Gasteiger partial charge in [0.05, 0.1) is 0 Å². The molecule has 12 heteroatoms. The second-order valence-corrected chi connectivity index (χ2v) is 11.5. The van der Waals surface area contributed by atoms with E-state index < -0.39 is 5.91 Å². The first-order valence-corrected chi connectivity index (χ1v) is 15.0. The van der Waals surface area contributed by atoms with Crippen LogP contribution in [0, 0.1) is 0 Å². The third-order valence-electron chi connectivity index (χ3n) is 8.22. The van der Waals surface area contributed by atoms with E-state index in [1.54, 1.807) is 0 Å². The van der Waals surface area contributed by atoms with Crippen LogP contribution in [0.2, 0.25) is 5.15 Å². The molecule has 3 aromatic rings. The number of hydrogen-bond donors (Lipinski definition) is 4. The van der Waals surface area contributed by atoms with Gasteiger partial charge in [-0.05, 0) is 43.2 Å². The molecule has 2 saturated heterocycles. The van der Waals surface area contributed by atoms with Gasteiger partial charge in [-0.1, -0.05) is 72.3 Å². The highest BCUT2D eigenvalue weighted by Gasteiger charge is 2.43. The summed E-state index contributed by atoms with van der Waals surface area (Å²) in [4.78, 5) is 42.7. The van der Waals surface area contributed by atoms with E-state index in [4.69, 9.17) is 28.8 Å². The Morgan fingerprint density at radius 2 is 1.58 bits per heavy atom. The van der Waals surface area contributed by atoms with Crippen LogP contribution in [0.4, 0.5) is 11.6 Å². The van der Waals surface area contributed by atoms with Crippen molar-refractivity contribution in [2.75, 3.05) is 18.0 Å². The lowest BCUT2D eigenvalue weighted by Crippen LogP contribution is -2.51. The third kappa shape index (κ3) is 7.60. The van der Waals surface area contributed by atoms with Gasteiger partial charge in [-0.15, -0.1) is 0 Å². The molecule has 7 N–H and O–H groups in total. The van der Waals surface area contributed by atoms with Crippen molar-refractivity contribution < 1.29 is 9.59 Å². The first-order chi connectivity index (χ1) is 20.8. The fraction of sp³-hybridized carbons (Fsp3) is 0.387. The highest BCUT2D eigenvalue weighted by Crippen LogP contribution is 2.39. The van der Waals surface area contributed by atoms with Crippen molar-refractivity contribution >= 4 is 41.0 Å². The Balaban J connectivity index is 1.18. The van der Waals surface area contributed by atoms with E-state index in [1.165, 1.54) is 18.4 Å². The van der Waals surface area contributed by atoms with Crippen LogP contribution in [0.1, 0.15) is 60.1 Å². The molecule has 1 aromatic heterocycles. The van der Waals surface area contributed by atoms with Crippen LogP contribution in [0.3, 0.4) is 0 Å². The number of anilines is 2. The Morgan fingerprint density at radius 3 is 2.23 bits per heavy atom. The Hall–Kier alpha value is -4.22. The van der Waals surface area contributed by atoms with Gasteiger partial charge in [-0.25, -0.2) is 9.97 Å². The van der Waals surface area contributed by atoms with Gasteiger partial charge in [0, 0.05) is 44.2 Å². The van der Waals surface area contributed by atoms with Crippen molar-refractivity contribution in [1.29, 1.82) is 0 Å². The van der Waals surface area contributed by atoms with Crippen LogP contribution in [-0.2, 0) is 17.9 Å². The number of guanidine groups is 1. The summed E-state index contributed by atoms with van der Waals surface area (Å²) in [5.74, 6) is -0.965. The largest absolute Gasteiger partial charge is 0.382 e. The van der Waals surface area contributed by atoms with Crippen molar-refractivity contribution in [3.05, 3.63) is 82.6 Å². The number of piperidine rings is 1. The first kappa shape index (κ1) is 30.2. The third-order valence-corrected chi connectivity index (χ3v) is 8.49. The Morgan fingerprint density at radius 1 is 0.953 bits per heavy atom. The molecule has 0 spiro atoms. The van der Waals surface area contributed by atoms with E-state index in [0.29, 0.717) is 31.5 Å². The zero-order chi connectivity index (χ0) is 30.3. The lowest BCUT2D eigenvalue weighted by Gasteiger charge is -2.43. The van der Waals surface area contributed by atoms with Crippen LogP contribution in [0.5, 0.6) is 0 Å². The normalized spacial score (nSPS) is 20.1. The highest BCUT2D eigenvalue weighted by atomic mass is 35.5. The van der Waals surface area contributed by atoms with Crippen LogP contribution in [0.15, 0.2) is 65.7 Å². The number of benzene rings is 2. The monoisotopic (exact) mass is 603 g/mol. The van der Waals surface area contributed by atoms with E-state index in [0.717, 1.165) is 24.9 Å². The fourth-order valence-corrected chi connectivity index (χ4v) is 6.28. The summed E-state index contributed by atoms with van der Waals surface area (Å²) < 4.78 is 0. The molecule has 2 fully saturated rings. The van der Waals surface area contributed by atoms with Gasteiger partial charge in [0.1, 0.15) is 0 Å². The van der Waals surface area contributed by atoms with Gasteiger partial charge >= 0.3 is 0 Å². The number of carbonyl (C=O) groups is 2. The number of fused-ring (bicyclic) bond motifs is 2. The smallest absolute Gasteiger partial charge is 0.280 e. The minimum atomic E-state index is -0.702. The minimum absolute atomic E-state index is 0.0753. The molecule has 0 unspecified atom stereocenters. The lowest BCUT2D eigenvalue weighted by molar-refractivity contribution is -0.136. The summed E-state index contributed by atoms with van der Waals surface area (Å²) >= 11 is 5.86. The summed E-state index contributed by atoms with van der Waals surface area (Å²) in [6.45, 7) is 1.80. The molecule has 2 aliphatic rings.